The average molecular weight is 592 g/mol. The third-order valence-corrected chi connectivity index (χ3v) is 6.73. The number of urea groups is 1. The highest BCUT2D eigenvalue weighted by Crippen LogP contribution is 2.39. The Hall–Kier alpha value is -3.92. The summed E-state index contributed by atoms with van der Waals surface area (Å²) in [6, 6.07) is 11.7. The summed E-state index contributed by atoms with van der Waals surface area (Å²) in [6.07, 6.45) is 1.32. The molecule has 1 saturated heterocycles. The zero-order valence-electron chi connectivity index (χ0n) is 20.8. The lowest BCUT2D eigenvalue weighted by Crippen LogP contribution is -2.54. The maximum atomic E-state index is 13.5. The number of ether oxygens (including phenoxy) is 4. The van der Waals surface area contributed by atoms with Gasteiger partial charge in [0, 0.05) is 23.8 Å². The Morgan fingerprint density at radius 1 is 0.795 bits per heavy atom. The van der Waals surface area contributed by atoms with E-state index in [1.807, 2.05) is 0 Å². The van der Waals surface area contributed by atoms with Crippen LogP contribution in [0.4, 0.5) is 10.5 Å². The molecule has 4 rings (SSSR count). The topological polar surface area (TPSA) is 103 Å². The summed E-state index contributed by atoms with van der Waals surface area (Å²) >= 11 is 18.3. The lowest BCUT2D eigenvalue weighted by atomic mass is 10.1. The number of barbiturate groups is 1. The number of nitrogens with zero attached hydrogens (tertiary/aromatic N) is 1. The lowest BCUT2D eigenvalue weighted by Gasteiger charge is -2.28. The fourth-order valence-corrected chi connectivity index (χ4v) is 4.28. The van der Waals surface area contributed by atoms with E-state index in [1.54, 1.807) is 36.4 Å². The second-order valence-electron chi connectivity index (χ2n) is 8.06. The van der Waals surface area contributed by atoms with Crippen LogP contribution in [0.5, 0.6) is 23.0 Å². The largest absolute Gasteiger partial charge is 0.497 e. The molecule has 0 saturated carbocycles. The van der Waals surface area contributed by atoms with Crippen molar-refractivity contribution >= 4 is 64.4 Å². The number of imide groups is 2. The summed E-state index contributed by atoms with van der Waals surface area (Å²) in [5, 5.41) is 3.16. The Labute approximate surface area is 238 Å². The highest BCUT2D eigenvalue weighted by atomic mass is 35.5. The molecule has 0 bridgehead atoms. The Kier molecular flexibility index (Phi) is 8.54. The molecule has 1 aliphatic rings. The molecule has 0 radical (unpaired) electrons. The molecule has 1 fully saturated rings. The third kappa shape index (κ3) is 5.90. The standard InChI is InChI=1S/C27H21Cl3N2O7/c1-36-16-6-5-15(22(10-16)39-13-14-4-7-18(28)19(29)8-14)9-17-25(33)31-27(35)32(26(17)34)21-12-23(37-2)20(30)11-24(21)38-3/h4-12H,13H2,1-3H3,(H,31,33,35)/b17-9+. The number of rotatable bonds is 8. The first kappa shape index (κ1) is 28.1. The van der Waals surface area contributed by atoms with Crippen LogP contribution in [0.25, 0.3) is 6.08 Å². The van der Waals surface area contributed by atoms with E-state index in [4.69, 9.17) is 53.8 Å². The summed E-state index contributed by atoms with van der Waals surface area (Å²) in [5.41, 5.74) is 0.822. The van der Waals surface area contributed by atoms with E-state index in [1.165, 1.54) is 39.5 Å². The molecule has 9 nitrogen and oxygen atoms in total. The Bertz CT molecular complexity index is 1510. The summed E-state index contributed by atoms with van der Waals surface area (Å²) in [5.74, 6) is -0.667. The van der Waals surface area contributed by atoms with Crippen LogP contribution in [0.1, 0.15) is 11.1 Å². The molecule has 0 spiro atoms. The van der Waals surface area contributed by atoms with Crippen molar-refractivity contribution in [2.45, 2.75) is 6.61 Å². The van der Waals surface area contributed by atoms with E-state index >= 15 is 0 Å². The highest BCUT2D eigenvalue weighted by molar-refractivity contribution is 6.42. The molecule has 0 aliphatic carbocycles. The third-order valence-electron chi connectivity index (χ3n) is 5.69. The van der Waals surface area contributed by atoms with Crippen LogP contribution in [-0.4, -0.2) is 39.2 Å². The quantitative estimate of drug-likeness (QED) is 0.256. The number of hydrogen-bond donors (Lipinski definition) is 1. The minimum absolute atomic E-state index is 0.0328. The molecular weight excluding hydrogens is 571 g/mol. The number of amides is 4. The summed E-state index contributed by atoms with van der Waals surface area (Å²) in [4.78, 5) is 39.9. The van der Waals surface area contributed by atoms with Crippen molar-refractivity contribution in [3.63, 3.8) is 0 Å². The number of nitrogens with one attached hydrogen (secondary N) is 1. The van der Waals surface area contributed by atoms with Crippen LogP contribution in [-0.2, 0) is 16.2 Å². The van der Waals surface area contributed by atoms with Gasteiger partial charge in [-0.3, -0.25) is 14.9 Å². The van der Waals surface area contributed by atoms with Gasteiger partial charge < -0.3 is 18.9 Å². The number of benzene rings is 3. The van der Waals surface area contributed by atoms with Crippen molar-refractivity contribution in [2.24, 2.45) is 0 Å². The van der Waals surface area contributed by atoms with Gasteiger partial charge in [0.25, 0.3) is 11.8 Å². The predicted molar refractivity (Wildman–Crippen MR) is 147 cm³/mol. The summed E-state index contributed by atoms with van der Waals surface area (Å²) in [6.45, 7) is 0.104. The van der Waals surface area contributed by atoms with Crippen LogP contribution in [0, 0.1) is 0 Å². The van der Waals surface area contributed by atoms with Crippen LogP contribution in [0.15, 0.2) is 54.1 Å². The second-order valence-corrected chi connectivity index (χ2v) is 9.28. The van der Waals surface area contributed by atoms with E-state index in [0.29, 0.717) is 27.1 Å². The number of hydrogen-bond acceptors (Lipinski definition) is 7. The number of methoxy groups -OCH3 is 3. The van der Waals surface area contributed by atoms with Gasteiger partial charge in [-0.05, 0) is 35.9 Å². The second kappa shape index (κ2) is 11.9. The Balaban J connectivity index is 1.73. The number of carbonyl (C=O) groups excluding carboxylic acids is 3. The van der Waals surface area contributed by atoms with Gasteiger partial charge in [-0.15, -0.1) is 0 Å². The zero-order valence-corrected chi connectivity index (χ0v) is 23.1. The first-order valence-corrected chi connectivity index (χ1v) is 12.4. The SMILES string of the molecule is COc1ccc(/C=C2\C(=O)NC(=O)N(c3cc(OC)c(Cl)cc3OC)C2=O)c(OCc2ccc(Cl)c(Cl)c2)c1. The van der Waals surface area contributed by atoms with Crippen molar-refractivity contribution in [3.8, 4) is 23.0 Å². The van der Waals surface area contributed by atoms with Gasteiger partial charge in [0.15, 0.2) is 0 Å². The molecule has 39 heavy (non-hydrogen) atoms. The van der Waals surface area contributed by atoms with Crippen molar-refractivity contribution in [1.29, 1.82) is 0 Å². The maximum absolute atomic E-state index is 13.5. The normalized spacial score (nSPS) is 14.4. The Morgan fingerprint density at radius 3 is 2.21 bits per heavy atom. The fraction of sp³-hybridized carbons (Fsp3) is 0.148. The molecular formula is C27H21Cl3N2O7. The minimum atomic E-state index is -0.962. The molecule has 3 aromatic rings. The van der Waals surface area contributed by atoms with E-state index in [0.717, 1.165) is 10.5 Å². The van der Waals surface area contributed by atoms with E-state index in [2.05, 4.69) is 5.32 Å². The van der Waals surface area contributed by atoms with Gasteiger partial charge in [-0.2, -0.15) is 0 Å². The molecule has 0 unspecified atom stereocenters. The van der Waals surface area contributed by atoms with E-state index in [9.17, 15) is 14.4 Å². The fourth-order valence-electron chi connectivity index (χ4n) is 3.73. The van der Waals surface area contributed by atoms with Crippen molar-refractivity contribution in [2.75, 3.05) is 26.2 Å². The van der Waals surface area contributed by atoms with Crippen molar-refractivity contribution < 1.29 is 33.3 Å². The van der Waals surface area contributed by atoms with Gasteiger partial charge >= 0.3 is 6.03 Å². The first-order chi connectivity index (χ1) is 18.7. The first-order valence-electron chi connectivity index (χ1n) is 11.2. The predicted octanol–water partition coefficient (Wildman–Crippen LogP) is 5.92. The minimum Gasteiger partial charge on any atom is -0.497 e. The molecule has 0 aromatic heterocycles. The van der Waals surface area contributed by atoms with Crippen molar-refractivity contribution in [3.05, 3.63) is 80.3 Å². The van der Waals surface area contributed by atoms with Gasteiger partial charge in [0.2, 0.25) is 0 Å². The van der Waals surface area contributed by atoms with Crippen LogP contribution >= 0.6 is 34.8 Å². The van der Waals surface area contributed by atoms with E-state index in [-0.39, 0.29) is 34.4 Å². The molecule has 1 heterocycles. The van der Waals surface area contributed by atoms with E-state index < -0.39 is 17.8 Å². The van der Waals surface area contributed by atoms with Crippen LogP contribution in [0.2, 0.25) is 15.1 Å². The zero-order chi connectivity index (χ0) is 28.3. The van der Waals surface area contributed by atoms with Gasteiger partial charge in [-0.1, -0.05) is 40.9 Å². The molecule has 4 amide bonds. The smallest absolute Gasteiger partial charge is 0.336 e. The number of carbonyl (C=O) groups is 3. The number of anilines is 1. The molecule has 1 aliphatic heterocycles. The molecule has 1 N–H and O–H groups in total. The monoisotopic (exact) mass is 590 g/mol. The van der Waals surface area contributed by atoms with Gasteiger partial charge in [0.05, 0.1) is 42.1 Å². The summed E-state index contributed by atoms with van der Waals surface area (Å²) in [7, 11) is 4.23. The number of halogens is 3. The highest BCUT2D eigenvalue weighted by Gasteiger charge is 2.39. The Morgan fingerprint density at radius 2 is 1.54 bits per heavy atom. The summed E-state index contributed by atoms with van der Waals surface area (Å²) < 4.78 is 21.8. The van der Waals surface area contributed by atoms with Crippen molar-refractivity contribution in [1.82, 2.24) is 5.32 Å². The average Bonchev–Trinajstić information content (AvgIpc) is 2.92. The maximum Gasteiger partial charge on any atom is 0.336 e. The van der Waals surface area contributed by atoms with Gasteiger partial charge in [-0.25, -0.2) is 9.69 Å². The lowest BCUT2D eigenvalue weighted by molar-refractivity contribution is -0.122. The molecule has 0 atom stereocenters. The van der Waals surface area contributed by atoms with Crippen LogP contribution < -0.4 is 29.2 Å². The van der Waals surface area contributed by atoms with Crippen LogP contribution in [0.3, 0.4) is 0 Å². The molecule has 12 heteroatoms. The molecule has 3 aromatic carbocycles. The molecule has 202 valence electrons. The van der Waals surface area contributed by atoms with Gasteiger partial charge in [0.1, 0.15) is 35.2 Å².